The number of likely N-dealkylation sites (tertiary alicyclic amines) is 1. The summed E-state index contributed by atoms with van der Waals surface area (Å²) in [5, 5.41) is 18.6. The first-order valence-electron chi connectivity index (χ1n) is 12.1. The fraction of sp³-hybridized carbons (Fsp3) is 0.560. The fourth-order valence-corrected chi connectivity index (χ4v) is 8.02. The first-order valence-corrected chi connectivity index (χ1v) is 13.7. The number of fused-ring (bicyclic) bond motifs is 1. The second kappa shape index (κ2) is 9.84. The van der Waals surface area contributed by atoms with Crippen LogP contribution in [0.3, 0.4) is 0 Å². The number of carbonyl (C=O) groups is 2. The highest BCUT2D eigenvalue weighted by Gasteiger charge is 2.56. The predicted octanol–water partition coefficient (Wildman–Crippen LogP) is 1.80. The largest absolute Gasteiger partial charge is 0.331 e. The Morgan fingerprint density at radius 1 is 1.25 bits per heavy atom. The molecule has 11 heteroatoms. The highest BCUT2D eigenvalue weighted by atomic mass is 32.2. The number of aryl methyl sites for hydroxylation is 1. The predicted molar refractivity (Wildman–Crippen MR) is 133 cm³/mol. The first-order chi connectivity index (χ1) is 17.0. The zero-order valence-corrected chi connectivity index (χ0v) is 21.7. The molecule has 2 N–H and O–H groups in total. The summed E-state index contributed by atoms with van der Waals surface area (Å²) in [6.07, 6.45) is 3.03. The maximum Gasteiger partial charge on any atom is 0.319 e. The fourth-order valence-electron chi connectivity index (χ4n) is 6.10. The molecule has 3 amide bonds. The summed E-state index contributed by atoms with van der Waals surface area (Å²) in [5.74, 6) is -1.03. The Morgan fingerprint density at radius 3 is 2.42 bits per heavy atom. The lowest BCUT2D eigenvalue weighted by atomic mass is 9.86. The van der Waals surface area contributed by atoms with E-state index in [1.807, 2.05) is 25.1 Å². The summed E-state index contributed by atoms with van der Waals surface area (Å²) >= 11 is 0. The minimum atomic E-state index is -3.80. The Morgan fingerprint density at radius 2 is 1.92 bits per heavy atom. The van der Waals surface area contributed by atoms with Crippen molar-refractivity contribution in [3.05, 3.63) is 41.0 Å². The molecular formula is C25H33N5O5S. The average molecular weight is 516 g/mol. The number of rotatable bonds is 5. The van der Waals surface area contributed by atoms with Gasteiger partial charge in [0.1, 0.15) is 0 Å². The normalized spacial score (nSPS) is 26.2. The Hall–Kier alpha value is -2.94. The van der Waals surface area contributed by atoms with Crippen LogP contribution in [0.2, 0.25) is 0 Å². The number of hydroxylamine groups is 1. The topological polar surface area (TPSA) is 134 Å². The van der Waals surface area contributed by atoms with Gasteiger partial charge in [0.15, 0.2) is 0 Å². The number of hydrogen-bond acceptors (Lipinski definition) is 6. The van der Waals surface area contributed by atoms with Gasteiger partial charge in [-0.15, -0.1) is 0 Å². The number of urea groups is 1. The molecular weight excluding hydrogens is 482 g/mol. The van der Waals surface area contributed by atoms with Crippen LogP contribution in [0.1, 0.15) is 36.0 Å². The third-order valence-electron chi connectivity index (χ3n) is 7.84. The molecule has 194 valence electrons. The molecule has 1 aromatic rings. The van der Waals surface area contributed by atoms with Gasteiger partial charge in [-0.3, -0.25) is 10.0 Å². The molecule has 0 spiro atoms. The van der Waals surface area contributed by atoms with Gasteiger partial charge in [-0.05, 0) is 66.9 Å². The number of benzene rings is 1. The van der Waals surface area contributed by atoms with E-state index >= 15 is 0 Å². The second-order valence-corrected chi connectivity index (χ2v) is 12.4. The van der Waals surface area contributed by atoms with Gasteiger partial charge in [0.2, 0.25) is 10.0 Å². The van der Waals surface area contributed by atoms with Crippen LogP contribution in [0.5, 0.6) is 0 Å². The summed E-state index contributed by atoms with van der Waals surface area (Å²) in [4.78, 5) is 28.4. The van der Waals surface area contributed by atoms with E-state index in [1.165, 1.54) is 9.21 Å². The number of hydrogen-bond donors (Lipinski definition) is 2. The lowest BCUT2D eigenvalue weighted by molar-refractivity contribution is -0.138. The SMILES string of the molecule is Cc1cc(C#N)ccc1C1=CCN(S(=O)(=O)CC2(C(=O)NO)C[C@H]3CN(C(=O)N(C)C)C[C@H]3C2)CC1. The third kappa shape index (κ3) is 4.85. The van der Waals surface area contributed by atoms with Crippen LogP contribution >= 0.6 is 0 Å². The number of carbonyl (C=O) groups excluding carboxylic acids is 2. The standard InChI is InChI=1S/C25H33N5O5S/c1-17-10-18(13-26)4-5-22(17)19-6-8-30(9-7-19)36(34,35)16-25(23(31)27-33)11-20-14-29(15-21(20)12-25)24(32)28(2)3/h4-6,10,20-21,33H,7-9,11-12,14-16H2,1-3H3,(H,27,31)/t20-,21+,25?. The number of nitrogens with one attached hydrogen (secondary N) is 1. The molecule has 2 fully saturated rings. The van der Waals surface area contributed by atoms with Crippen LogP contribution in [-0.4, -0.2) is 85.7 Å². The van der Waals surface area contributed by atoms with Gasteiger partial charge in [-0.1, -0.05) is 12.1 Å². The molecule has 10 nitrogen and oxygen atoms in total. The summed E-state index contributed by atoms with van der Waals surface area (Å²) in [6.45, 7) is 3.37. The van der Waals surface area contributed by atoms with Crippen LogP contribution in [0.4, 0.5) is 4.79 Å². The van der Waals surface area contributed by atoms with Crippen molar-refractivity contribution in [1.29, 1.82) is 5.26 Å². The van der Waals surface area contributed by atoms with Crippen molar-refractivity contribution in [2.45, 2.75) is 26.2 Å². The number of nitriles is 1. The molecule has 2 aliphatic heterocycles. The zero-order chi connectivity index (χ0) is 26.3. The molecule has 1 saturated carbocycles. The average Bonchev–Trinajstić information content (AvgIpc) is 3.39. The number of nitrogens with zero attached hydrogens (tertiary/aromatic N) is 4. The van der Waals surface area contributed by atoms with E-state index < -0.39 is 21.3 Å². The zero-order valence-electron chi connectivity index (χ0n) is 20.9. The van der Waals surface area contributed by atoms with Crippen molar-refractivity contribution in [2.75, 3.05) is 46.0 Å². The molecule has 0 bridgehead atoms. The Kier molecular flexibility index (Phi) is 7.14. The summed E-state index contributed by atoms with van der Waals surface area (Å²) in [7, 11) is -0.420. The molecule has 3 atom stereocenters. The minimum Gasteiger partial charge on any atom is -0.331 e. The van der Waals surface area contributed by atoms with Crippen molar-refractivity contribution < 1.29 is 23.2 Å². The van der Waals surface area contributed by atoms with Gasteiger partial charge in [0.25, 0.3) is 5.91 Å². The lowest BCUT2D eigenvalue weighted by Crippen LogP contribution is -2.48. The van der Waals surface area contributed by atoms with Gasteiger partial charge in [-0.2, -0.15) is 9.57 Å². The van der Waals surface area contributed by atoms with Crippen molar-refractivity contribution in [3.63, 3.8) is 0 Å². The van der Waals surface area contributed by atoms with Gasteiger partial charge >= 0.3 is 6.03 Å². The summed E-state index contributed by atoms with van der Waals surface area (Å²) in [5.41, 5.74) is 4.07. The van der Waals surface area contributed by atoms with E-state index in [4.69, 9.17) is 5.26 Å². The van der Waals surface area contributed by atoms with Crippen LogP contribution < -0.4 is 5.48 Å². The Labute approximate surface area is 212 Å². The van der Waals surface area contributed by atoms with Crippen LogP contribution in [-0.2, 0) is 14.8 Å². The van der Waals surface area contributed by atoms with Gasteiger partial charge < -0.3 is 9.80 Å². The molecule has 0 aromatic heterocycles. The van der Waals surface area contributed by atoms with Crippen molar-refractivity contribution >= 4 is 27.5 Å². The maximum atomic E-state index is 13.5. The Balaban J connectivity index is 1.48. The molecule has 1 aliphatic carbocycles. The van der Waals surface area contributed by atoms with Crippen LogP contribution in [0, 0.1) is 35.5 Å². The molecule has 36 heavy (non-hydrogen) atoms. The van der Waals surface area contributed by atoms with Crippen LogP contribution in [0.25, 0.3) is 5.57 Å². The first kappa shape index (κ1) is 26.1. The maximum absolute atomic E-state index is 13.5. The molecule has 1 aromatic carbocycles. The van der Waals surface area contributed by atoms with Crippen molar-refractivity contribution in [1.82, 2.24) is 19.6 Å². The van der Waals surface area contributed by atoms with Gasteiger partial charge in [-0.25, -0.2) is 18.7 Å². The smallest absolute Gasteiger partial charge is 0.319 e. The molecule has 4 rings (SSSR count). The number of sulfonamides is 1. The van der Waals surface area contributed by atoms with Crippen molar-refractivity contribution in [2.24, 2.45) is 17.3 Å². The molecule has 1 unspecified atom stereocenters. The highest BCUT2D eigenvalue weighted by molar-refractivity contribution is 7.89. The molecule has 1 saturated heterocycles. The minimum absolute atomic E-state index is 0.00797. The molecule has 0 radical (unpaired) electrons. The third-order valence-corrected chi connectivity index (χ3v) is 9.88. The van der Waals surface area contributed by atoms with Gasteiger partial charge in [0, 0.05) is 40.3 Å². The molecule has 2 heterocycles. The Bertz CT molecular complexity index is 1220. The second-order valence-electron chi connectivity index (χ2n) is 10.5. The van der Waals surface area contributed by atoms with Crippen LogP contribution in [0.15, 0.2) is 24.3 Å². The summed E-state index contributed by atoms with van der Waals surface area (Å²) in [6, 6.07) is 7.50. The van der Waals surface area contributed by atoms with E-state index in [-0.39, 0.29) is 30.2 Å². The van der Waals surface area contributed by atoms with E-state index in [0.29, 0.717) is 44.5 Å². The van der Waals surface area contributed by atoms with Gasteiger partial charge in [0.05, 0.1) is 22.8 Å². The quantitative estimate of drug-likeness (QED) is 0.454. The van der Waals surface area contributed by atoms with E-state index in [2.05, 4.69) is 6.07 Å². The molecule has 3 aliphatic rings. The summed E-state index contributed by atoms with van der Waals surface area (Å²) < 4.78 is 28.3. The van der Waals surface area contributed by atoms with E-state index in [0.717, 1.165) is 16.7 Å². The van der Waals surface area contributed by atoms with E-state index in [1.54, 1.807) is 30.5 Å². The lowest BCUT2D eigenvalue weighted by Gasteiger charge is -2.33. The van der Waals surface area contributed by atoms with Crippen molar-refractivity contribution in [3.8, 4) is 6.07 Å². The number of amides is 3. The van der Waals surface area contributed by atoms with E-state index in [9.17, 15) is 23.2 Å². The highest BCUT2D eigenvalue weighted by Crippen LogP contribution is 2.50. The monoisotopic (exact) mass is 515 g/mol.